The molecule has 0 bridgehead atoms. The van der Waals surface area contributed by atoms with Gasteiger partial charge in [0.05, 0.1) is 0 Å². The summed E-state index contributed by atoms with van der Waals surface area (Å²) in [6.45, 7) is 3.79. The molecule has 2 N–H and O–H groups in total. The number of hydrogen-bond acceptors (Lipinski definition) is 3. The van der Waals surface area contributed by atoms with Gasteiger partial charge in [-0.05, 0) is 19.4 Å². The predicted molar refractivity (Wildman–Crippen MR) is 69.4 cm³/mol. The van der Waals surface area contributed by atoms with Crippen LogP contribution in [0.25, 0.3) is 16.4 Å². The summed E-state index contributed by atoms with van der Waals surface area (Å²) in [7, 11) is -1.51. The van der Waals surface area contributed by atoms with E-state index in [1.165, 1.54) is 0 Å². The van der Waals surface area contributed by atoms with E-state index >= 15 is 0 Å². The standard InChI is InChI=1S/C13H15BO3/c1-3-9-10-7-5-6-8-12(10)17-13(9)11(4-2)14(15)16/h4-8,15-16H,3H2,1-2H3/b11-4+. The molecule has 88 valence electrons. The van der Waals surface area contributed by atoms with E-state index in [0.29, 0.717) is 11.2 Å². The normalized spacial score (nSPS) is 12.1. The Morgan fingerprint density at radius 3 is 2.65 bits per heavy atom. The van der Waals surface area contributed by atoms with Crippen molar-refractivity contribution in [3.8, 4) is 0 Å². The molecule has 2 aromatic rings. The molecule has 0 aliphatic carbocycles. The maximum atomic E-state index is 9.34. The number of benzene rings is 1. The molecule has 0 saturated heterocycles. The van der Waals surface area contributed by atoms with Crippen LogP contribution in [0.15, 0.2) is 34.8 Å². The van der Waals surface area contributed by atoms with Crippen molar-refractivity contribution in [1.29, 1.82) is 0 Å². The topological polar surface area (TPSA) is 53.6 Å². The molecule has 0 radical (unpaired) electrons. The van der Waals surface area contributed by atoms with Gasteiger partial charge in [0, 0.05) is 16.4 Å². The average molecular weight is 230 g/mol. The van der Waals surface area contributed by atoms with Gasteiger partial charge in [-0.3, -0.25) is 0 Å². The molecule has 4 heteroatoms. The molecule has 0 spiro atoms. The van der Waals surface area contributed by atoms with Gasteiger partial charge in [-0.15, -0.1) is 0 Å². The number of allylic oxidation sites excluding steroid dienone is 1. The second-order valence-electron chi connectivity index (χ2n) is 3.88. The molecule has 0 unspecified atom stereocenters. The fourth-order valence-electron chi connectivity index (χ4n) is 2.08. The molecule has 1 aromatic heterocycles. The highest BCUT2D eigenvalue weighted by Gasteiger charge is 2.23. The number of rotatable bonds is 3. The summed E-state index contributed by atoms with van der Waals surface area (Å²) in [4.78, 5) is 0. The molecule has 1 aromatic carbocycles. The summed E-state index contributed by atoms with van der Waals surface area (Å²) in [5.74, 6) is 0.575. The summed E-state index contributed by atoms with van der Waals surface area (Å²) in [5.41, 5.74) is 2.21. The lowest BCUT2D eigenvalue weighted by atomic mass is 9.76. The molecule has 2 rings (SSSR count). The Balaban J connectivity index is 2.69. The van der Waals surface area contributed by atoms with Gasteiger partial charge in [-0.1, -0.05) is 31.2 Å². The van der Waals surface area contributed by atoms with Crippen LogP contribution in [-0.2, 0) is 6.42 Å². The fraction of sp³-hybridized carbons (Fsp3) is 0.231. The van der Waals surface area contributed by atoms with Crippen LogP contribution in [0, 0.1) is 0 Å². The molecular weight excluding hydrogens is 215 g/mol. The first kappa shape index (κ1) is 12.0. The Labute approximate surface area is 101 Å². The maximum absolute atomic E-state index is 9.34. The molecule has 0 saturated carbocycles. The summed E-state index contributed by atoms with van der Waals surface area (Å²) >= 11 is 0. The third-order valence-electron chi connectivity index (χ3n) is 2.90. The van der Waals surface area contributed by atoms with Gasteiger partial charge in [-0.25, -0.2) is 0 Å². The molecule has 0 fully saturated rings. The second-order valence-corrected chi connectivity index (χ2v) is 3.88. The molecular formula is C13H15BO3. The van der Waals surface area contributed by atoms with E-state index in [9.17, 15) is 10.0 Å². The lowest BCUT2D eigenvalue weighted by Crippen LogP contribution is -2.14. The number of para-hydroxylation sites is 1. The summed E-state index contributed by atoms with van der Waals surface area (Å²) < 4.78 is 5.72. The zero-order valence-corrected chi connectivity index (χ0v) is 9.97. The van der Waals surface area contributed by atoms with E-state index in [0.717, 1.165) is 23.0 Å². The summed E-state index contributed by atoms with van der Waals surface area (Å²) in [5, 5.41) is 19.7. The third kappa shape index (κ3) is 2.01. The van der Waals surface area contributed by atoms with Crippen LogP contribution in [0.4, 0.5) is 0 Å². The quantitative estimate of drug-likeness (QED) is 0.796. The van der Waals surface area contributed by atoms with E-state index in [1.807, 2.05) is 31.2 Å². The van der Waals surface area contributed by atoms with E-state index in [-0.39, 0.29) is 0 Å². The third-order valence-corrected chi connectivity index (χ3v) is 2.90. The van der Waals surface area contributed by atoms with Crippen LogP contribution >= 0.6 is 0 Å². The number of fused-ring (bicyclic) bond motifs is 1. The fourth-order valence-corrected chi connectivity index (χ4v) is 2.08. The van der Waals surface area contributed by atoms with Gasteiger partial charge in [0.1, 0.15) is 11.3 Å². The first-order valence-electron chi connectivity index (χ1n) is 5.72. The highest BCUT2D eigenvalue weighted by Crippen LogP contribution is 2.31. The van der Waals surface area contributed by atoms with Crippen molar-refractivity contribution in [2.24, 2.45) is 0 Å². The van der Waals surface area contributed by atoms with E-state index < -0.39 is 7.12 Å². The van der Waals surface area contributed by atoms with Crippen LogP contribution in [0.2, 0.25) is 0 Å². The van der Waals surface area contributed by atoms with Crippen molar-refractivity contribution in [2.75, 3.05) is 0 Å². The Morgan fingerprint density at radius 2 is 2.06 bits per heavy atom. The number of aryl methyl sites for hydroxylation is 1. The molecule has 17 heavy (non-hydrogen) atoms. The maximum Gasteiger partial charge on any atom is 0.491 e. The average Bonchev–Trinajstić information content (AvgIpc) is 2.67. The van der Waals surface area contributed by atoms with Crippen molar-refractivity contribution >= 4 is 23.6 Å². The Morgan fingerprint density at radius 1 is 1.35 bits per heavy atom. The lowest BCUT2D eigenvalue weighted by Gasteiger charge is -2.04. The summed E-state index contributed by atoms with van der Waals surface area (Å²) in [6.07, 6.45) is 2.46. The first-order chi connectivity index (χ1) is 8.19. The van der Waals surface area contributed by atoms with Crippen LogP contribution < -0.4 is 0 Å². The minimum Gasteiger partial charge on any atom is -0.457 e. The predicted octanol–water partition coefficient (Wildman–Crippen LogP) is 2.41. The van der Waals surface area contributed by atoms with Crippen LogP contribution in [-0.4, -0.2) is 17.2 Å². The zero-order valence-electron chi connectivity index (χ0n) is 9.97. The van der Waals surface area contributed by atoms with Crippen molar-refractivity contribution < 1.29 is 14.5 Å². The monoisotopic (exact) mass is 230 g/mol. The second kappa shape index (κ2) is 4.78. The number of hydrogen-bond donors (Lipinski definition) is 2. The van der Waals surface area contributed by atoms with Gasteiger partial charge in [0.25, 0.3) is 0 Å². The van der Waals surface area contributed by atoms with Gasteiger partial charge in [0.15, 0.2) is 0 Å². The van der Waals surface area contributed by atoms with Gasteiger partial charge in [-0.2, -0.15) is 0 Å². The van der Waals surface area contributed by atoms with Crippen molar-refractivity contribution in [1.82, 2.24) is 0 Å². The molecule has 0 amide bonds. The van der Waals surface area contributed by atoms with Gasteiger partial charge >= 0.3 is 7.12 Å². The number of furan rings is 1. The van der Waals surface area contributed by atoms with Crippen LogP contribution in [0.1, 0.15) is 25.2 Å². The van der Waals surface area contributed by atoms with Crippen LogP contribution in [0.5, 0.6) is 0 Å². The van der Waals surface area contributed by atoms with Crippen molar-refractivity contribution in [3.63, 3.8) is 0 Å². The van der Waals surface area contributed by atoms with Crippen molar-refractivity contribution in [2.45, 2.75) is 20.3 Å². The van der Waals surface area contributed by atoms with Gasteiger partial charge in [0.2, 0.25) is 0 Å². The summed E-state index contributed by atoms with van der Waals surface area (Å²) in [6, 6.07) is 7.72. The highest BCUT2D eigenvalue weighted by molar-refractivity contribution is 6.65. The molecule has 3 nitrogen and oxygen atoms in total. The van der Waals surface area contributed by atoms with Gasteiger partial charge < -0.3 is 14.5 Å². The van der Waals surface area contributed by atoms with E-state index in [2.05, 4.69) is 0 Å². The highest BCUT2D eigenvalue weighted by atomic mass is 16.4. The Kier molecular flexibility index (Phi) is 3.36. The van der Waals surface area contributed by atoms with E-state index in [1.54, 1.807) is 13.0 Å². The molecule has 1 heterocycles. The molecule has 0 aliphatic heterocycles. The lowest BCUT2D eigenvalue weighted by molar-refractivity contribution is 0.425. The zero-order chi connectivity index (χ0) is 12.4. The molecule has 0 aliphatic rings. The Bertz CT molecular complexity index is 555. The Hall–Kier alpha value is -1.52. The van der Waals surface area contributed by atoms with E-state index in [4.69, 9.17) is 4.42 Å². The van der Waals surface area contributed by atoms with Crippen molar-refractivity contribution in [3.05, 3.63) is 41.7 Å². The smallest absolute Gasteiger partial charge is 0.457 e. The largest absolute Gasteiger partial charge is 0.491 e. The minimum absolute atomic E-state index is 0.415. The first-order valence-corrected chi connectivity index (χ1v) is 5.72. The SMILES string of the molecule is C/C=C(/B(O)O)c1oc2ccccc2c1CC. The molecule has 0 atom stereocenters. The minimum atomic E-state index is -1.51. The van der Waals surface area contributed by atoms with Crippen LogP contribution in [0.3, 0.4) is 0 Å².